The first-order valence-corrected chi connectivity index (χ1v) is 10.7. The number of nitrogens with one attached hydrogen (secondary N) is 1. The largest absolute Gasteiger partial charge is 0.497 e. The second-order valence-corrected chi connectivity index (χ2v) is 9.28. The number of ether oxygens (including phenoxy) is 1. The molecule has 2 heterocycles. The zero-order valence-corrected chi connectivity index (χ0v) is 18.0. The molecule has 1 aromatic carbocycles. The summed E-state index contributed by atoms with van der Waals surface area (Å²) in [6.07, 6.45) is 3.36. The van der Waals surface area contributed by atoms with Gasteiger partial charge in [0, 0.05) is 5.56 Å². The number of amides is 3. The van der Waals surface area contributed by atoms with E-state index in [2.05, 4.69) is 24.3 Å². The van der Waals surface area contributed by atoms with Crippen LogP contribution in [0, 0.1) is 5.41 Å². The number of carbonyl (C=O) groups excluding carboxylic acids is 3. The van der Waals surface area contributed by atoms with Gasteiger partial charge in [-0.05, 0) is 42.5 Å². The Bertz CT molecular complexity index is 983. The molecular formula is C21H24N4O4S. The molecule has 30 heavy (non-hydrogen) atoms. The highest BCUT2D eigenvalue weighted by molar-refractivity contribution is 8.14. The van der Waals surface area contributed by atoms with Crippen LogP contribution in [0.1, 0.15) is 37.6 Å². The average Bonchev–Trinajstić information content (AvgIpc) is 3.25. The lowest BCUT2D eigenvalue weighted by molar-refractivity contribution is -0.131. The van der Waals surface area contributed by atoms with Gasteiger partial charge in [-0.1, -0.05) is 25.6 Å². The van der Waals surface area contributed by atoms with E-state index in [-0.39, 0.29) is 40.8 Å². The second-order valence-electron chi connectivity index (χ2n) is 8.36. The van der Waals surface area contributed by atoms with Crippen molar-refractivity contribution in [2.75, 3.05) is 19.4 Å². The van der Waals surface area contributed by atoms with Gasteiger partial charge >= 0.3 is 0 Å². The van der Waals surface area contributed by atoms with Crippen molar-refractivity contribution in [3.8, 4) is 11.4 Å². The van der Waals surface area contributed by atoms with Gasteiger partial charge in [-0.15, -0.1) is 0 Å². The maximum atomic E-state index is 12.6. The molecule has 9 heteroatoms. The first-order valence-electron chi connectivity index (χ1n) is 9.75. The molecule has 8 nitrogen and oxygen atoms in total. The summed E-state index contributed by atoms with van der Waals surface area (Å²) in [7, 11) is 1.63. The third-order valence-corrected chi connectivity index (χ3v) is 6.33. The summed E-state index contributed by atoms with van der Waals surface area (Å²) in [5, 5.41) is 7.22. The topological polar surface area (TPSA) is 93.5 Å². The minimum Gasteiger partial charge on any atom is -0.497 e. The van der Waals surface area contributed by atoms with Gasteiger partial charge in [-0.3, -0.25) is 19.3 Å². The first kappa shape index (κ1) is 20.5. The van der Waals surface area contributed by atoms with Gasteiger partial charge in [0.25, 0.3) is 5.24 Å². The van der Waals surface area contributed by atoms with Crippen LogP contribution in [0.4, 0.5) is 4.79 Å². The van der Waals surface area contributed by atoms with E-state index in [1.807, 2.05) is 28.9 Å². The molecule has 0 bridgehead atoms. The molecule has 3 amide bonds. The zero-order chi connectivity index (χ0) is 21.5. The van der Waals surface area contributed by atoms with Crippen molar-refractivity contribution in [2.45, 2.75) is 32.7 Å². The number of carbonyl (C=O) groups is 3. The summed E-state index contributed by atoms with van der Waals surface area (Å²) in [4.78, 5) is 37.2. The Morgan fingerprint density at radius 1 is 1.30 bits per heavy atom. The summed E-state index contributed by atoms with van der Waals surface area (Å²) in [6.45, 7) is 4.07. The van der Waals surface area contributed by atoms with E-state index >= 15 is 0 Å². The molecule has 1 fully saturated rings. The van der Waals surface area contributed by atoms with Crippen LogP contribution in [0.25, 0.3) is 5.69 Å². The van der Waals surface area contributed by atoms with Gasteiger partial charge in [0.1, 0.15) is 12.3 Å². The SMILES string of the molecule is COc1ccc(-n2ncc3c2CC(C)(C)CC3NC(=O)CN2C(=O)CSC2=O)cc1. The molecule has 2 aromatic rings. The normalized spacial score (nSPS) is 20.2. The van der Waals surface area contributed by atoms with Crippen LogP contribution in [-0.4, -0.2) is 51.1 Å². The quantitative estimate of drug-likeness (QED) is 0.787. The first-order chi connectivity index (χ1) is 14.3. The molecule has 2 aliphatic rings. The molecule has 158 valence electrons. The molecule has 4 rings (SSSR count). The van der Waals surface area contributed by atoms with Crippen molar-refractivity contribution in [3.63, 3.8) is 0 Å². The maximum absolute atomic E-state index is 12.6. The van der Waals surface area contributed by atoms with Gasteiger partial charge < -0.3 is 10.1 Å². The van der Waals surface area contributed by atoms with Crippen molar-refractivity contribution < 1.29 is 19.1 Å². The fraction of sp³-hybridized carbons (Fsp3) is 0.429. The number of imide groups is 1. The van der Waals surface area contributed by atoms with E-state index in [9.17, 15) is 14.4 Å². The second kappa shape index (κ2) is 7.79. The summed E-state index contributed by atoms with van der Waals surface area (Å²) in [5.74, 6) is 0.207. The highest BCUT2D eigenvalue weighted by Gasteiger charge is 2.37. The molecule has 1 atom stereocenters. The third-order valence-electron chi connectivity index (χ3n) is 5.47. The molecular weight excluding hydrogens is 404 g/mol. The van der Waals surface area contributed by atoms with Crippen LogP contribution in [0.5, 0.6) is 5.75 Å². The summed E-state index contributed by atoms with van der Waals surface area (Å²) < 4.78 is 7.13. The van der Waals surface area contributed by atoms with Crippen molar-refractivity contribution in [3.05, 3.63) is 41.7 Å². The highest BCUT2D eigenvalue weighted by atomic mass is 32.2. The van der Waals surface area contributed by atoms with E-state index in [0.717, 1.165) is 52.2 Å². The van der Waals surface area contributed by atoms with Crippen LogP contribution in [-0.2, 0) is 16.0 Å². The number of fused-ring (bicyclic) bond motifs is 1. The van der Waals surface area contributed by atoms with Crippen LogP contribution in [0.2, 0.25) is 0 Å². The fourth-order valence-corrected chi connectivity index (χ4v) is 4.76. The van der Waals surface area contributed by atoms with Gasteiger partial charge in [-0.2, -0.15) is 5.10 Å². The highest BCUT2D eigenvalue weighted by Crippen LogP contribution is 2.41. The molecule has 1 saturated heterocycles. The molecule has 1 aromatic heterocycles. The molecule has 1 N–H and O–H groups in total. The van der Waals surface area contributed by atoms with Crippen molar-refractivity contribution >= 4 is 28.8 Å². The molecule has 1 aliphatic heterocycles. The zero-order valence-electron chi connectivity index (χ0n) is 17.2. The Hall–Kier alpha value is -2.81. The monoisotopic (exact) mass is 428 g/mol. The van der Waals surface area contributed by atoms with E-state index in [1.165, 1.54) is 0 Å². The Balaban J connectivity index is 1.57. The standard InChI is InChI=1S/C21H24N4O4S/c1-21(2)8-16(23-18(26)11-24-19(27)12-30-20(24)28)15-10-22-25(17(15)9-21)13-4-6-14(29-3)7-5-13/h4-7,10,16H,8-9,11-12H2,1-3H3,(H,23,26). The molecule has 0 spiro atoms. The fourth-order valence-electron chi connectivity index (χ4n) is 4.03. The van der Waals surface area contributed by atoms with E-state index < -0.39 is 0 Å². The van der Waals surface area contributed by atoms with Crippen LogP contribution >= 0.6 is 11.8 Å². The van der Waals surface area contributed by atoms with Crippen molar-refractivity contribution in [1.82, 2.24) is 20.0 Å². The van der Waals surface area contributed by atoms with Crippen LogP contribution in [0.15, 0.2) is 30.5 Å². The number of thioether (sulfide) groups is 1. The summed E-state index contributed by atoms with van der Waals surface area (Å²) in [5.41, 5.74) is 2.88. The third kappa shape index (κ3) is 3.94. The van der Waals surface area contributed by atoms with E-state index in [4.69, 9.17) is 4.74 Å². The summed E-state index contributed by atoms with van der Waals surface area (Å²) in [6, 6.07) is 7.44. The number of nitrogens with zero attached hydrogens (tertiary/aromatic N) is 3. The predicted molar refractivity (Wildman–Crippen MR) is 113 cm³/mol. The van der Waals surface area contributed by atoms with Crippen molar-refractivity contribution in [2.24, 2.45) is 5.41 Å². The van der Waals surface area contributed by atoms with Gasteiger partial charge in [0.05, 0.1) is 36.5 Å². The Morgan fingerprint density at radius 3 is 2.67 bits per heavy atom. The van der Waals surface area contributed by atoms with Gasteiger partial charge in [0.15, 0.2) is 0 Å². The minimum absolute atomic E-state index is 0.0513. The van der Waals surface area contributed by atoms with E-state index in [1.54, 1.807) is 13.3 Å². The van der Waals surface area contributed by atoms with Gasteiger partial charge in [0.2, 0.25) is 11.8 Å². The number of hydrogen-bond acceptors (Lipinski definition) is 6. The maximum Gasteiger partial charge on any atom is 0.289 e. The van der Waals surface area contributed by atoms with Crippen molar-refractivity contribution in [1.29, 1.82) is 0 Å². The Labute approximate surface area is 178 Å². The lowest BCUT2D eigenvalue weighted by Gasteiger charge is -2.36. The predicted octanol–water partition coefficient (Wildman–Crippen LogP) is 2.71. The van der Waals surface area contributed by atoms with E-state index in [0.29, 0.717) is 0 Å². The van der Waals surface area contributed by atoms with Crippen LogP contribution in [0.3, 0.4) is 0 Å². The molecule has 0 saturated carbocycles. The Morgan fingerprint density at radius 2 is 2.03 bits per heavy atom. The van der Waals surface area contributed by atoms with Gasteiger partial charge in [-0.25, -0.2) is 4.68 Å². The minimum atomic E-state index is -0.368. The number of methoxy groups -OCH3 is 1. The number of aromatic nitrogens is 2. The number of rotatable bonds is 5. The molecule has 1 aliphatic carbocycles. The average molecular weight is 429 g/mol. The number of hydrogen-bond donors (Lipinski definition) is 1. The van der Waals surface area contributed by atoms with Crippen LogP contribution < -0.4 is 10.1 Å². The smallest absolute Gasteiger partial charge is 0.289 e. The summed E-state index contributed by atoms with van der Waals surface area (Å²) >= 11 is 0.929. The molecule has 1 unspecified atom stereocenters. The lowest BCUT2D eigenvalue weighted by atomic mass is 9.74. The lowest BCUT2D eigenvalue weighted by Crippen LogP contribution is -2.43. The Kier molecular flexibility index (Phi) is 5.31. The molecule has 0 radical (unpaired) electrons. The number of benzene rings is 1.